The smallest absolute Gasteiger partial charge is 0.317 e. The summed E-state index contributed by atoms with van der Waals surface area (Å²) in [6.45, 7) is 5.17. The van der Waals surface area contributed by atoms with E-state index < -0.39 is 55.7 Å². The third-order valence-corrected chi connectivity index (χ3v) is 15.2. The number of hydrogen-bond donors (Lipinski definition) is 10. The van der Waals surface area contributed by atoms with E-state index in [0.29, 0.717) is 36.0 Å². The first-order chi connectivity index (χ1) is 27.8. The van der Waals surface area contributed by atoms with E-state index in [9.17, 15) is 65.3 Å². The second-order valence-electron chi connectivity index (χ2n) is 18.6. The highest BCUT2D eigenvalue weighted by molar-refractivity contribution is 5.76. The van der Waals surface area contributed by atoms with Crippen molar-refractivity contribution in [2.24, 2.45) is 46.3 Å². The number of carbonyl (C=O) groups is 4. The summed E-state index contributed by atoms with van der Waals surface area (Å²) in [5.41, 5.74) is -0.188. The van der Waals surface area contributed by atoms with Crippen molar-refractivity contribution in [1.82, 2.24) is 20.0 Å². The van der Waals surface area contributed by atoms with Crippen LogP contribution in [0.25, 0.3) is 0 Å². The van der Waals surface area contributed by atoms with Crippen molar-refractivity contribution in [3.63, 3.8) is 0 Å². The van der Waals surface area contributed by atoms with Crippen molar-refractivity contribution in [3.8, 4) is 0 Å². The fraction of sp³-hybridized carbons (Fsp3) is 0.902. The Kier molecular flexibility index (Phi) is 18.3. The van der Waals surface area contributed by atoms with Crippen LogP contribution in [0.15, 0.2) is 0 Å². The summed E-state index contributed by atoms with van der Waals surface area (Å²) in [4.78, 5) is 56.7. The molecule has 340 valence electrons. The van der Waals surface area contributed by atoms with Gasteiger partial charge in [-0.2, -0.15) is 0 Å². The molecule has 4 rings (SSSR count). The maximum absolute atomic E-state index is 13.5. The SMILES string of the molecule is CC(CCC(=O)O)[C@H]1CCC2C3CCC4CC(NC(=O)CCC(COO)N(CCN(CC(=O)O)CC(=O)O)CCN(CC(O)O)CC(O)O)CC[C@]4(C)C3CC(O)[C@@]21C. The number of carboxylic acids is 3. The number of fused-ring (bicyclic) bond motifs is 5. The molecule has 1 amide bonds. The van der Waals surface area contributed by atoms with E-state index in [1.54, 1.807) is 4.90 Å². The molecule has 8 unspecified atom stereocenters. The molecule has 4 aliphatic carbocycles. The second kappa shape index (κ2) is 22.0. The summed E-state index contributed by atoms with van der Waals surface area (Å²) in [7, 11) is 0. The fourth-order valence-electron chi connectivity index (χ4n) is 12.3. The Labute approximate surface area is 347 Å². The van der Waals surface area contributed by atoms with E-state index >= 15 is 0 Å². The zero-order valence-electron chi connectivity index (χ0n) is 35.1. The lowest BCUT2D eigenvalue weighted by Crippen LogP contribution is -2.59. The lowest BCUT2D eigenvalue weighted by molar-refractivity contribution is -0.252. The minimum atomic E-state index is -1.77. The number of amides is 1. The van der Waals surface area contributed by atoms with Crippen molar-refractivity contribution in [2.75, 3.05) is 59.0 Å². The molecule has 0 aliphatic heterocycles. The molecule has 0 aromatic carbocycles. The number of nitrogens with one attached hydrogen (secondary N) is 1. The first kappa shape index (κ1) is 49.1. The highest BCUT2D eigenvalue weighted by Crippen LogP contribution is 2.68. The molecule has 0 heterocycles. The molecule has 11 atom stereocenters. The summed E-state index contributed by atoms with van der Waals surface area (Å²) in [5.74, 6) is -1.19. The largest absolute Gasteiger partial charge is 0.481 e. The Balaban J connectivity index is 1.38. The molecular weight excluding hydrogens is 772 g/mol. The molecule has 0 aromatic rings. The molecular formula is C41H72N4O14. The van der Waals surface area contributed by atoms with Crippen molar-refractivity contribution in [1.29, 1.82) is 0 Å². The molecule has 0 spiro atoms. The van der Waals surface area contributed by atoms with Gasteiger partial charge in [0.15, 0.2) is 12.6 Å². The van der Waals surface area contributed by atoms with Gasteiger partial charge in [0.2, 0.25) is 5.91 Å². The molecule has 18 nitrogen and oxygen atoms in total. The molecule has 59 heavy (non-hydrogen) atoms. The predicted octanol–water partition coefficient (Wildman–Crippen LogP) is 0.937. The number of hydrogen-bond acceptors (Lipinski definition) is 14. The molecule has 4 fully saturated rings. The van der Waals surface area contributed by atoms with Gasteiger partial charge in [0, 0.05) is 64.2 Å². The van der Waals surface area contributed by atoms with E-state index in [1.807, 2.05) is 0 Å². The quantitative estimate of drug-likeness (QED) is 0.0348. The van der Waals surface area contributed by atoms with Crippen molar-refractivity contribution >= 4 is 23.8 Å². The average Bonchev–Trinajstić information content (AvgIpc) is 3.50. The van der Waals surface area contributed by atoms with Crippen molar-refractivity contribution < 1.29 is 70.2 Å². The second-order valence-corrected chi connectivity index (χ2v) is 18.6. The summed E-state index contributed by atoms with van der Waals surface area (Å²) in [6.07, 6.45) is 4.59. The number of carboxylic acid groups (broad SMARTS) is 3. The Bertz CT molecular complexity index is 1370. The first-order valence-electron chi connectivity index (χ1n) is 21.6. The van der Waals surface area contributed by atoms with E-state index in [2.05, 4.69) is 31.0 Å². The van der Waals surface area contributed by atoms with Gasteiger partial charge in [-0.05, 0) is 111 Å². The van der Waals surface area contributed by atoms with Crippen molar-refractivity contribution in [3.05, 3.63) is 0 Å². The van der Waals surface area contributed by atoms with Gasteiger partial charge in [-0.25, -0.2) is 4.89 Å². The minimum absolute atomic E-state index is 0.00837. The molecule has 0 aromatic heterocycles. The van der Waals surface area contributed by atoms with E-state index in [1.165, 1.54) is 9.80 Å². The summed E-state index contributed by atoms with van der Waals surface area (Å²) >= 11 is 0. The number of aliphatic hydroxyl groups excluding tert-OH is 3. The van der Waals surface area contributed by atoms with Gasteiger partial charge in [0.25, 0.3) is 0 Å². The Hall–Kier alpha value is -2.52. The number of aliphatic hydroxyl groups is 5. The average molecular weight is 845 g/mol. The molecule has 10 N–H and O–H groups in total. The van der Waals surface area contributed by atoms with E-state index in [-0.39, 0.29) is 93.8 Å². The third-order valence-electron chi connectivity index (χ3n) is 15.2. The van der Waals surface area contributed by atoms with Gasteiger partial charge >= 0.3 is 17.9 Å². The predicted molar refractivity (Wildman–Crippen MR) is 212 cm³/mol. The number of aliphatic carboxylic acids is 3. The molecule has 0 saturated heterocycles. The molecule has 18 heteroatoms. The van der Waals surface area contributed by atoms with Crippen LogP contribution < -0.4 is 5.32 Å². The van der Waals surface area contributed by atoms with Crippen LogP contribution in [0.1, 0.15) is 97.8 Å². The summed E-state index contributed by atoms with van der Waals surface area (Å²) in [6, 6.07) is -0.639. The Morgan fingerprint density at radius 3 is 1.97 bits per heavy atom. The zero-order chi connectivity index (χ0) is 43.7. The third kappa shape index (κ3) is 13.0. The summed E-state index contributed by atoms with van der Waals surface area (Å²) < 4.78 is 0. The van der Waals surface area contributed by atoms with E-state index in [0.717, 1.165) is 51.4 Å². The Morgan fingerprint density at radius 1 is 0.763 bits per heavy atom. The van der Waals surface area contributed by atoms with Crippen LogP contribution in [0, 0.1) is 46.3 Å². The summed E-state index contributed by atoms with van der Waals surface area (Å²) in [5, 5.41) is 90.9. The van der Waals surface area contributed by atoms with Crippen LogP contribution in [0.3, 0.4) is 0 Å². The highest BCUT2D eigenvalue weighted by Gasteiger charge is 2.63. The monoisotopic (exact) mass is 845 g/mol. The van der Waals surface area contributed by atoms with Crippen LogP contribution in [0.5, 0.6) is 0 Å². The molecule has 4 saturated carbocycles. The topological polar surface area (TPSA) is 281 Å². The minimum Gasteiger partial charge on any atom is -0.481 e. The zero-order valence-corrected chi connectivity index (χ0v) is 35.1. The first-order valence-corrected chi connectivity index (χ1v) is 21.6. The lowest BCUT2D eigenvalue weighted by Gasteiger charge is -2.62. The van der Waals surface area contributed by atoms with Crippen molar-refractivity contribution in [2.45, 2.75) is 129 Å². The van der Waals surface area contributed by atoms with E-state index in [4.69, 9.17) is 0 Å². The van der Waals surface area contributed by atoms with Crippen LogP contribution in [-0.4, -0.2) is 174 Å². The molecule has 4 aliphatic rings. The van der Waals surface area contributed by atoms with Gasteiger partial charge < -0.3 is 46.2 Å². The maximum atomic E-state index is 13.5. The standard InChI is InChI=1S/C41H72N4O14/c1-25(4-11-35(48)49)30-8-9-31-29-7-5-26-18-27(12-13-40(26,2)32(29)19-33(46)41(30,31)3)42-34(47)10-6-28(24-59-58)45(16-14-43(20-36(50)51)21-37(52)53)17-15-44(22-38(54)55)23-39(56)57/h25-33,36-37,46,50-53,58H,4-24H2,1-3H3,(H,42,47)(H,48,49)(H,54,55)(H,56,57)/t25?,26?,27?,28?,29?,30-,31?,32?,33?,40+,41-/m1/s1. The van der Waals surface area contributed by atoms with Gasteiger partial charge in [-0.1, -0.05) is 20.8 Å². The van der Waals surface area contributed by atoms with Gasteiger partial charge in [0.05, 0.1) is 25.8 Å². The van der Waals surface area contributed by atoms with Crippen LogP contribution in [0.4, 0.5) is 0 Å². The maximum Gasteiger partial charge on any atom is 0.317 e. The van der Waals surface area contributed by atoms with Crippen LogP contribution in [0.2, 0.25) is 0 Å². The normalized spacial score (nSPS) is 31.6. The fourth-order valence-corrected chi connectivity index (χ4v) is 12.3. The van der Waals surface area contributed by atoms with Crippen LogP contribution >= 0.6 is 0 Å². The highest BCUT2D eigenvalue weighted by atomic mass is 17.1. The molecule has 0 bridgehead atoms. The Morgan fingerprint density at radius 2 is 1.39 bits per heavy atom. The lowest BCUT2D eigenvalue weighted by atomic mass is 9.43. The number of nitrogens with zero attached hydrogens (tertiary/aromatic N) is 3. The van der Waals surface area contributed by atoms with Gasteiger partial charge in [-0.15, -0.1) is 0 Å². The number of rotatable bonds is 25. The van der Waals surface area contributed by atoms with Gasteiger partial charge in [0.1, 0.15) is 0 Å². The van der Waals surface area contributed by atoms with Gasteiger partial charge in [-0.3, -0.25) is 39.1 Å². The van der Waals surface area contributed by atoms with Crippen LogP contribution in [-0.2, 0) is 24.1 Å². The number of carbonyl (C=O) groups excluding carboxylic acids is 1. The molecule has 0 radical (unpaired) electrons.